The second kappa shape index (κ2) is 5.59. The van der Waals surface area contributed by atoms with Crippen LogP contribution in [0.4, 0.5) is 4.39 Å². The third-order valence-corrected chi connectivity index (χ3v) is 3.46. The van der Waals surface area contributed by atoms with Gasteiger partial charge in [-0.1, -0.05) is 28.1 Å². The molecule has 0 radical (unpaired) electrons. The highest BCUT2D eigenvalue weighted by atomic mass is 79.9. The summed E-state index contributed by atoms with van der Waals surface area (Å²) in [6, 6.07) is 8.36. The number of nitrogens with zero attached hydrogens (tertiary/aromatic N) is 1. The maximum absolute atomic E-state index is 13.7. The van der Waals surface area contributed by atoms with Gasteiger partial charge in [-0.25, -0.2) is 4.39 Å². The number of benzene rings is 1. The molecule has 1 atom stereocenters. The Kier molecular flexibility index (Phi) is 4.09. The van der Waals surface area contributed by atoms with Crippen molar-refractivity contribution in [2.75, 3.05) is 0 Å². The largest absolute Gasteiger partial charge is 0.324 e. The van der Waals surface area contributed by atoms with Crippen LogP contribution in [0.15, 0.2) is 41.0 Å². The molecule has 0 fully saturated rings. The molecule has 2 nitrogen and oxygen atoms in total. The molecule has 0 aliphatic carbocycles. The Morgan fingerprint density at radius 1 is 1.33 bits per heavy atom. The Morgan fingerprint density at radius 2 is 2.11 bits per heavy atom. The molecule has 0 aliphatic heterocycles. The summed E-state index contributed by atoms with van der Waals surface area (Å²) in [6.45, 7) is 1.98. The van der Waals surface area contributed by atoms with Crippen LogP contribution in [-0.2, 0) is 6.42 Å². The van der Waals surface area contributed by atoms with E-state index in [0.717, 1.165) is 11.3 Å². The van der Waals surface area contributed by atoms with E-state index in [2.05, 4.69) is 20.9 Å². The molecule has 94 valence electrons. The van der Waals surface area contributed by atoms with Gasteiger partial charge in [-0.15, -0.1) is 0 Å². The fourth-order valence-corrected chi connectivity index (χ4v) is 2.45. The minimum atomic E-state index is -0.407. The van der Waals surface area contributed by atoms with Crippen LogP contribution in [-0.4, -0.2) is 4.98 Å². The smallest absolute Gasteiger partial charge is 0.129 e. The van der Waals surface area contributed by atoms with Gasteiger partial charge in [0.15, 0.2) is 0 Å². The van der Waals surface area contributed by atoms with Crippen molar-refractivity contribution in [3.8, 4) is 0 Å². The summed E-state index contributed by atoms with van der Waals surface area (Å²) in [5.41, 5.74) is 8.52. The highest BCUT2D eigenvalue weighted by Crippen LogP contribution is 2.26. The average Bonchev–Trinajstić information content (AvgIpc) is 2.32. The first-order valence-corrected chi connectivity index (χ1v) is 6.48. The molecule has 2 aromatic rings. The predicted molar refractivity (Wildman–Crippen MR) is 73.7 cm³/mol. The normalized spacial score (nSPS) is 12.4. The molecule has 1 aromatic carbocycles. The van der Waals surface area contributed by atoms with E-state index in [0.29, 0.717) is 16.5 Å². The van der Waals surface area contributed by atoms with E-state index in [4.69, 9.17) is 5.73 Å². The van der Waals surface area contributed by atoms with E-state index in [9.17, 15) is 4.39 Å². The first-order chi connectivity index (χ1) is 8.58. The molecule has 0 bridgehead atoms. The third-order valence-electron chi connectivity index (χ3n) is 2.77. The lowest BCUT2D eigenvalue weighted by Crippen LogP contribution is -2.16. The lowest BCUT2D eigenvalue weighted by Gasteiger charge is -2.14. The van der Waals surface area contributed by atoms with Crippen LogP contribution in [0.1, 0.15) is 22.9 Å². The van der Waals surface area contributed by atoms with Crippen LogP contribution in [0.25, 0.3) is 0 Å². The molecule has 1 unspecified atom stereocenters. The maximum Gasteiger partial charge on any atom is 0.129 e. The van der Waals surface area contributed by atoms with Crippen molar-refractivity contribution in [1.29, 1.82) is 0 Å². The number of halogens is 2. The summed E-state index contributed by atoms with van der Waals surface area (Å²) < 4.78 is 14.4. The SMILES string of the molecule is Cc1ccc(CC(N)c2c(F)cccc2Br)nc1. The van der Waals surface area contributed by atoms with Crippen LogP contribution in [0.2, 0.25) is 0 Å². The van der Waals surface area contributed by atoms with Crippen LogP contribution in [0.3, 0.4) is 0 Å². The molecule has 1 heterocycles. The molecular formula is C14H14BrFN2. The van der Waals surface area contributed by atoms with E-state index in [1.54, 1.807) is 18.3 Å². The van der Waals surface area contributed by atoms with Crippen molar-refractivity contribution in [3.05, 3.63) is 63.6 Å². The van der Waals surface area contributed by atoms with Crippen molar-refractivity contribution >= 4 is 15.9 Å². The second-order valence-corrected chi connectivity index (χ2v) is 5.13. The number of aromatic nitrogens is 1. The van der Waals surface area contributed by atoms with Crippen molar-refractivity contribution in [1.82, 2.24) is 4.98 Å². The van der Waals surface area contributed by atoms with Crippen LogP contribution in [0, 0.1) is 12.7 Å². The van der Waals surface area contributed by atoms with Crippen LogP contribution < -0.4 is 5.73 Å². The van der Waals surface area contributed by atoms with Crippen LogP contribution in [0.5, 0.6) is 0 Å². The van der Waals surface area contributed by atoms with Gasteiger partial charge in [0.05, 0.1) is 0 Å². The van der Waals surface area contributed by atoms with Crippen molar-refractivity contribution < 1.29 is 4.39 Å². The standard InChI is InChI=1S/C14H14BrFN2/c1-9-5-6-10(18-8-9)7-13(17)14-11(15)3-2-4-12(14)16/h2-6,8,13H,7,17H2,1H3. The Hall–Kier alpha value is -1.26. The molecular weight excluding hydrogens is 295 g/mol. The highest BCUT2D eigenvalue weighted by Gasteiger charge is 2.15. The summed E-state index contributed by atoms with van der Waals surface area (Å²) in [5.74, 6) is -0.288. The number of aryl methyl sites for hydroxylation is 1. The highest BCUT2D eigenvalue weighted by molar-refractivity contribution is 9.10. The molecule has 0 saturated heterocycles. The molecule has 0 amide bonds. The Labute approximate surface area is 114 Å². The zero-order valence-electron chi connectivity index (χ0n) is 10.0. The topological polar surface area (TPSA) is 38.9 Å². The van der Waals surface area contributed by atoms with Gasteiger partial charge in [0.1, 0.15) is 5.82 Å². The predicted octanol–water partition coefficient (Wildman–Crippen LogP) is 3.53. The number of hydrogen-bond acceptors (Lipinski definition) is 2. The zero-order chi connectivity index (χ0) is 13.1. The summed E-state index contributed by atoms with van der Waals surface area (Å²) in [4.78, 5) is 4.29. The van der Waals surface area contributed by atoms with E-state index >= 15 is 0 Å². The zero-order valence-corrected chi connectivity index (χ0v) is 11.6. The molecule has 1 aromatic heterocycles. The molecule has 18 heavy (non-hydrogen) atoms. The number of nitrogens with two attached hydrogens (primary N) is 1. The van der Waals surface area contributed by atoms with Gasteiger partial charge >= 0.3 is 0 Å². The molecule has 2 rings (SSSR count). The molecule has 0 aliphatic rings. The number of pyridine rings is 1. The average molecular weight is 309 g/mol. The van der Waals surface area contributed by atoms with Crippen molar-refractivity contribution in [2.24, 2.45) is 5.73 Å². The van der Waals surface area contributed by atoms with Crippen molar-refractivity contribution in [2.45, 2.75) is 19.4 Å². The van der Waals surface area contributed by atoms with Gasteiger partial charge in [0, 0.05) is 34.4 Å². The minimum absolute atomic E-state index is 0.288. The van der Waals surface area contributed by atoms with E-state index in [-0.39, 0.29) is 5.82 Å². The number of hydrogen-bond donors (Lipinski definition) is 1. The first-order valence-electron chi connectivity index (χ1n) is 5.69. The molecule has 2 N–H and O–H groups in total. The van der Waals surface area contributed by atoms with E-state index in [1.807, 2.05) is 19.1 Å². The Balaban J connectivity index is 2.22. The van der Waals surface area contributed by atoms with Crippen molar-refractivity contribution in [3.63, 3.8) is 0 Å². The van der Waals surface area contributed by atoms with Gasteiger partial charge in [-0.3, -0.25) is 4.98 Å². The van der Waals surface area contributed by atoms with Gasteiger partial charge in [0.2, 0.25) is 0 Å². The molecule has 4 heteroatoms. The summed E-state index contributed by atoms with van der Waals surface area (Å²) in [7, 11) is 0. The third kappa shape index (κ3) is 2.94. The molecule has 0 spiro atoms. The van der Waals surface area contributed by atoms with Crippen LogP contribution >= 0.6 is 15.9 Å². The lowest BCUT2D eigenvalue weighted by atomic mass is 10.0. The summed E-state index contributed by atoms with van der Waals surface area (Å²) in [5, 5.41) is 0. The maximum atomic E-state index is 13.7. The lowest BCUT2D eigenvalue weighted by molar-refractivity contribution is 0.575. The van der Waals surface area contributed by atoms with E-state index in [1.165, 1.54) is 6.07 Å². The minimum Gasteiger partial charge on any atom is -0.324 e. The first kappa shape index (κ1) is 13.2. The van der Waals surface area contributed by atoms with Gasteiger partial charge in [0.25, 0.3) is 0 Å². The van der Waals surface area contributed by atoms with Gasteiger partial charge in [-0.05, 0) is 30.7 Å². The summed E-state index contributed by atoms with van der Waals surface area (Å²) in [6.07, 6.45) is 2.30. The second-order valence-electron chi connectivity index (χ2n) is 4.27. The number of rotatable bonds is 3. The quantitative estimate of drug-likeness (QED) is 0.942. The monoisotopic (exact) mass is 308 g/mol. The Bertz CT molecular complexity index is 520. The fraction of sp³-hybridized carbons (Fsp3) is 0.214. The molecule has 0 saturated carbocycles. The van der Waals surface area contributed by atoms with Gasteiger partial charge < -0.3 is 5.73 Å². The van der Waals surface area contributed by atoms with E-state index < -0.39 is 6.04 Å². The summed E-state index contributed by atoms with van der Waals surface area (Å²) >= 11 is 3.33. The Morgan fingerprint density at radius 3 is 2.72 bits per heavy atom. The fourth-order valence-electron chi connectivity index (χ4n) is 1.81. The van der Waals surface area contributed by atoms with Gasteiger partial charge in [-0.2, -0.15) is 0 Å².